The predicted molar refractivity (Wildman–Crippen MR) is 107 cm³/mol. The molecule has 178 valence electrons. The minimum absolute atomic E-state index is 0.0959. The zero-order valence-corrected chi connectivity index (χ0v) is 17.6. The molecule has 1 fully saturated rings. The first-order chi connectivity index (χ1) is 15.3. The molecule has 12 heteroatoms. The third-order valence-electron chi connectivity index (χ3n) is 4.96. The van der Waals surface area contributed by atoms with Gasteiger partial charge in [0.15, 0.2) is 6.61 Å². The number of esters is 1. The molecule has 5 nitrogen and oxygen atoms in total. The summed E-state index contributed by atoms with van der Waals surface area (Å²) in [4.78, 5) is 27.8. The standard InChI is InChI=1S/C21H17ClF6N2O3/c22-16-2-1-3-17(11-16)29-4-6-30(7-5-29)18(31)12-33-19(32)13-8-14(20(23,24)25)10-15(9-13)21(26,27)28/h1-3,8-11H,4-7,12H2. The maximum absolute atomic E-state index is 12.9. The van der Waals surface area contributed by atoms with Crippen LogP contribution in [-0.2, 0) is 21.9 Å². The molecule has 0 bridgehead atoms. The molecule has 1 saturated heterocycles. The molecule has 0 saturated carbocycles. The van der Waals surface area contributed by atoms with Gasteiger partial charge in [-0.05, 0) is 36.4 Å². The van der Waals surface area contributed by atoms with Gasteiger partial charge in [0.25, 0.3) is 5.91 Å². The van der Waals surface area contributed by atoms with Crippen LogP contribution in [0.5, 0.6) is 0 Å². The molecule has 3 rings (SSSR count). The fraction of sp³-hybridized carbons (Fsp3) is 0.333. The minimum atomic E-state index is -5.10. The topological polar surface area (TPSA) is 49.9 Å². The molecule has 2 aromatic rings. The first-order valence-electron chi connectivity index (χ1n) is 9.59. The van der Waals surface area contributed by atoms with Gasteiger partial charge in [0, 0.05) is 36.9 Å². The van der Waals surface area contributed by atoms with E-state index in [9.17, 15) is 35.9 Å². The summed E-state index contributed by atoms with van der Waals surface area (Å²) in [7, 11) is 0. The van der Waals surface area contributed by atoms with Crippen molar-refractivity contribution in [2.24, 2.45) is 0 Å². The highest BCUT2D eigenvalue weighted by atomic mass is 35.5. The Kier molecular flexibility index (Phi) is 7.11. The van der Waals surface area contributed by atoms with Crippen molar-refractivity contribution < 1.29 is 40.7 Å². The fourth-order valence-corrected chi connectivity index (χ4v) is 3.45. The summed E-state index contributed by atoms with van der Waals surface area (Å²) in [5.74, 6) is -2.07. The zero-order chi connectivity index (χ0) is 24.4. The largest absolute Gasteiger partial charge is 0.452 e. The highest BCUT2D eigenvalue weighted by molar-refractivity contribution is 6.30. The quantitative estimate of drug-likeness (QED) is 0.449. The van der Waals surface area contributed by atoms with Crippen LogP contribution in [0.1, 0.15) is 21.5 Å². The second-order valence-corrected chi connectivity index (χ2v) is 7.65. The van der Waals surface area contributed by atoms with E-state index in [-0.39, 0.29) is 31.3 Å². The minimum Gasteiger partial charge on any atom is -0.452 e. The van der Waals surface area contributed by atoms with Crippen LogP contribution in [0, 0.1) is 0 Å². The van der Waals surface area contributed by atoms with E-state index < -0.39 is 47.5 Å². The van der Waals surface area contributed by atoms with Crippen LogP contribution in [-0.4, -0.2) is 49.6 Å². The Morgan fingerprint density at radius 3 is 1.97 bits per heavy atom. The van der Waals surface area contributed by atoms with Gasteiger partial charge in [0.1, 0.15) is 0 Å². The highest BCUT2D eigenvalue weighted by Gasteiger charge is 2.37. The third kappa shape index (κ3) is 6.31. The number of rotatable bonds is 4. The summed E-state index contributed by atoms with van der Waals surface area (Å²) in [6.07, 6.45) is -10.2. The number of anilines is 1. The van der Waals surface area contributed by atoms with Crippen molar-refractivity contribution in [3.63, 3.8) is 0 Å². The molecule has 0 N–H and O–H groups in total. The number of benzene rings is 2. The predicted octanol–water partition coefficient (Wildman–Crippen LogP) is 4.88. The average molecular weight is 495 g/mol. The molecular weight excluding hydrogens is 478 g/mol. The summed E-state index contributed by atoms with van der Waals surface area (Å²) in [5, 5.41) is 0.557. The van der Waals surface area contributed by atoms with E-state index in [2.05, 4.69) is 0 Å². The molecule has 33 heavy (non-hydrogen) atoms. The Balaban J connectivity index is 1.61. The van der Waals surface area contributed by atoms with Crippen LogP contribution in [0.15, 0.2) is 42.5 Å². The van der Waals surface area contributed by atoms with Gasteiger partial charge in [0.05, 0.1) is 16.7 Å². The number of carbonyl (C=O) groups is 2. The monoisotopic (exact) mass is 494 g/mol. The number of alkyl halides is 6. The lowest BCUT2D eigenvalue weighted by Crippen LogP contribution is -2.49. The number of halogens is 7. The molecule has 0 aromatic heterocycles. The molecule has 1 heterocycles. The van der Waals surface area contributed by atoms with Gasteiger partial charge in [-0.1, -0.05) is 17.7 Å². The molecule has 0 spiro atoms. The van der Waals surface area contributed by atoms with Gasteiger partial charge in [-0.2, -0.15) is 26.3 Å². The van der Waals surface area contributed by atoms with Gasteiger partial charge in [-0.3, -0.25) is 4.79 Å². The van der Waals surface area contributed by atoms with Gasteiger partial charge in [-0.15, -0.1) is 0 Å². The molecule has 0 atom stereocenters. The van der Waals surface area contributed by atoms with Crippen LogP contribution in [0.3, 0.4) is 0 Å². The Bertz CT molecular complexity index is 1000. The van der Waals surface area contributed by atoms with E-state index >= 15 is 0 Å². The van der Waals surface area contributed by atoms with Crippen molar-refractivity contribution in [2.75, 3.05) is 37.7 Å². The molecular formula is C21H17ClF6N2O3. The van der Waals surface area contributed by atoms with Crippen molar-refractivity contribution in [1.82, 2.24) is 4.90 Å². The Hall–Kier alpha value is -2.95. The zero-order valence-electron chi connectivity index (χ0n) is 16.8. The maximum Gasteiger partial charge on any atom is 0.416 e. The smallest absolute Gasteiger partial charge is 0.416 e. The van der Waals surface area contributed by atoms with Gasteiger partial charge in [0.2, 0.25) is 0 Å². The van der Waals surface area contributed by atoms with Gasteiger partial charge < -0.3 is 14.5 Å². The van der Waals surface area contributed by atoms with Crippen molar-refractivity contribution >= 4 is 29.2 Å². The number of hydrogen-bond donors (Lipinski definition) is 0. The highest BCUT2D eigenvalue weighted by Crippen LogP contribution is 2.36. The summed E-state index contributed by atoms with van der Waals surface area (Å²) in [6, 6.07) is 7.55. The van der Waals surface area contributed by atoms with E-state index in [1.807, 2.05) is 11.0 Å². The van der Waals surface area contributed by atoms with E-state index in [0.717, 1.165) is 5.69 Å². The number of hydrogen-bond acceptors (Lipinski definition) is 4. The molecule has 0 radical (unpaired) electrons. The number of ether oxygens (including phenoxy) is 1. The van der Waals surface area contributed by atoms with Crippen LogP contribution in [0.25, 0.3) is 0 Å². The Labute approximate surface area is 189 Å². The van der Waals surface area contributed by atoms with Gasteiger partial charge in [-0.25, -0.2) is 4.79 Å². The lowest BCUT2D eigenvalue weighted by molar-refractivity contribution is -0.143. The van der Waals surface area contributed by atoms with E-state index in [1.54, 1.807) is 18.2 Å². The molecule has 1 aliphatic heterocycles. The SMILES string of the molecule is O=C(OCC(=O)N1CCN(c2cccc(Cl)c2)CC1)c1cc(C(F)(F)F)cc(C(F)(F)F)c1. The summed E-state index contributed by atoms with van der Waals surface area (Å²) >= 11 is 5.97. The Morgan fingerprint density at radius 2 is 1.45 bits per heavy atom. The summed E-state index contributed by atoms with van der Waals surface area (Å²) in [6.45, 7) is 0.675. The van der Waals surface area contributed by atoms with E-state index in [0.29, 0.717) is 18.1 Å². The van der Waals surface area contributed by atoms with Crippen molar-refractivity contribution in [3.8, 4) is 0 Å². The molecule has 2 aromatic carbocycles. The lowest BCUT2D eigenvalue weighted by atomic mass is 10.0. The van der Waals surface area contributed by atoms with E-state index in [1.165, 1.54) is 4.90 Å². The first kappa shape index (κ1) is 24.7. The molecule has 0 aliphatic carbocycles. The third-order valence-corrected chi connectivity index (χ3v) is 5.19. The summed E-state index contributed by atoms with van der Waals surface area (Å²) in [5.41, 5.74) is -3.37. The van der Waals surface area contributed by atoms with Crippen molar-refractivity contribution in [1.29, 1.82) is 0 Å². The van der Waals surface area contributed by atoms with E-state index in [4.69, 9.17) is 16.3 Å². The molecule has 1 amide bonds. The van der Waals surface area contributed by atoms with Crippen LogP contribution >= 0.6 is 11.6 Å². The Morgan fingerprint density at radius 1 is 0.879 bits per heavy atom. The summed E-state index contributed by atoms with van der Waals surface area (Å²) < 4.78 is 82.4. The molecule has 0 unspecified atom stereocenters. The van der Waals surface area contributed by atoms with Crippen LogP contribution in [0.2, 0.25) is 5.02 Å². The van der Waals surface area contributed by atoms with Crippen molar-refractivity contribution in [2.45, 2.75) is 12.4 Å². The normalized spacial score (nSPS) is 14.9. The number of carbonyl (C=O) groups excluding carboxylic acids is 2. The fourth-order valence-electron chi connectivity index (χ4n) is 3.26. The molecule has 1 aliphatic rings. The number of amides is 1. The average Bonchev–Trinajstić information content (AvgIpc) is 2.76. The second-order valence-electron chi connectivity index (χ2n) is 7.22. The maximum atomic E-state index is 12.9. The first-order valence-corrected chi connectivity index (χ1v) is 9.97. The number of nitrogens with zero attached hydrogens (tertiary/aromatic N) is 2. The lowest BCUT2D eigenvalue weighted by Gasteiger charge is -2.36. The second kappa shape index (κ2) is 9.50. The van der Waals surface area contributed by atoms with Crippen LogP contribution < -0.4 is 4.90 Å². The van der Waals surface area contributed by atoms with Crippen molar-refractivity contribution in [3.05, 3.63) is 64.2 Å². The van der Waals surface area contributed by atoms with Gasteiger partial charge >= 0.3 is 18.3 Å². The number of piperazine rings is 1. The van der Waals surface area contributed by atoms with Crippen LogP contribution in [0.4, 0.5) is 32.0 Å².